The highest BCUT2D eigenvalue weighted by Crippen LogP contribution is 2.25. The number of nitrogens with zero attached hydrogens (tertiary/aromatic N) is 1. The molecule has 2 aromatic carbocycles. The van der Waals surface area contributed by atoms with Gasteiger partial charge < -0.3 is 15.4 Å². The highest BCUT2D eigenvalue weighted by atomic mass is 32.1. The van der Waals surface area contributed by atoms with Crippen molar-refractivity contribution in [3.63, 3.8) is 0 Å². The van der Waals surface area contributed by atoms with Crippen LogP contribution in [0, 0.1) is 0 Å². The van der Waals surface area contributed by atoms with E-state index in [2.05, 4.69) is 26.3 Å². The standard InChI is InChI=1S/C19H20F3N3OS/c20-19(21,22)26-17-8-4-7-16(12-17)24-18(27)23-15-6-3-5-14(11-15)13-25-9-1-2-10-25/h3-8,11-12H,1-2,9-10,13H2,(H2,23,24,27). The fourth-order valence-electron chi connectivity index (χ4n) is 3.01. The Labute approximate surface area is 161 Å². The van der Waals surface area contributed by atoms with Gasteiger partial charge in [-0.05, 0) is 68.0 Å². The summed E-state index contributed by atoms with van der Waals surface area (Å²) in [4.78, 5) is 2.40. The Balaban J connectivity index is 1.58. The number of hydrogen-bond acceptors (Lipinski definition) is 3. The molecule has 0 aromatic heterocycles. The number of thiocarbonyl (C=S) groups is 1. The monoisotopic (exact) mass is 395 g/mol. The lowest BCUT2D eigenvalue weighted by Gasteiger charge is -2.16. The maximum Gasteiger partial charge on any atom is 0.573 e. The Kier molecular flexibility index (Phi) is 6.18. The molecule has 1 aliphatic rings. The van der Waals surface area contributed by atoms with Crippen molar-refractivity contribution in [1.29, 1.82) is 0 Å². The Morgan fingerprint density at radius 3 is 2.30 bits per heavy atom. The first kappa shape index (κ1) is 19.4. The summed E-state index contributed by atoms with van der Waals surface area (Å²) in [5.41, 5.74) is 2.42. The van der Waals surface area contributed by atoms with Gasteiger partial charge in [0.1, 0.15) is 5.75 Å². The molecule has 1 saturated heterocycles. The summed E-state index contributed by atoms with van der Waals surface area (Å²) in [6.45, 7) is 3.13. The molecule has 8 heteroatoms. The third kappa shape index (κ3) is 6.41. The molecule has 0 saturated carbocycles. The van der Waals surface area contributed by atoms with Crippen molar-refractivity contribution in [3.8, 4) is 5.75 Å². The fraction of sp³-hybridized carbons (Fsp3) is 0.316. The van der Waals surface area contributed by atoms with Gasteiger partial charge in [0, 0.05) is 24.0 Å². The van der Waals surface area contributed by atoms with E-state index in [9.17, 15) is 13.2 Å². The molecule has 0 amide bonds. The molecule has 3 rings (SSSR count). The summed E-state index contributed by atoms with van der Waals surface area (Å²) < 4.78 is 40.9. The average Bonchev–Trinajstić information content (AvgIpc) is 3.06. The number of rotatable bonds is 5. The van der Waals surface area contributed by atoms with Crippen LogP contribution in [0.1, 0.15) is 18.4 Å². The highest BCUT2D eigenvalue weighted by Gasteiger charge is 2.31. The summed E-state index contributed by atoms with van der Waals surface area (Å²) in [6, 6.07) is 13.5. The van der Waals surface area contributed by atoms with Crippen molar-refractivity contribution >= 4 is 28.7 Å². The molecular weight excluding hydrogens is 375 g/mol. The van der Waals surface area contributed by atoms with Crippen LogP contribution in [0.15, 0.2) is 48.5 Å². The van der Waals surface area contributed by atoms with Crippen molar-refractivity contribution in [3.05, 3.63) is 54.1 Å². The van der Waals surface area contributed by atoms with Crippen LogP contribution in [-0.2, 0) is 6.54 Å². The number of hydrogen-bond donors (Lipinski definition) is 2. The molecule has 0 unspecified atom stereocenters. The molecule has 0 radical (unpaired) electrons. The Morgan fingerprint density at radius 1 is 1.00 bits per heavy atom. The summed E-state index contributed by atoms with van der Waals surface area (Å²) in [7, 11) is 0. The summed E-state index contributed by atoms with van der Waals surface area (Å²) in [5.74, 6) is -0.303. The van der Waals surface area contributed by atoms with Gasteiger partial charge in [-0.1, -0.05) is 18.2 Å². The molecule has 0 atom stereocenters. The first-order valence-corrected chi connectivity index (χ1v) is 9.03. The molecule has 144 valence electrons. The quantitative estimate of drug-likeness (QED) is 0.698. The molecule has 0 bridgehead atoms. The zero-order chi connectivity index (χ0) is 19.3. The molecule has 1 fully saturated rings. The zero-order valence-electron chi connectivity index (χ0n) is 14.6. The molecule has 2 N–H and O–H groups in total. The summed E-state index contributed by atoms with van der Waals surface area (Å²) >= 11 is 5.26. The van der Waals surface area contributed by atoms with E-state index in [0.717, 1.165) is 25.3 Å². The number of anilines is 2. The third-order valence-corrected chi connectivity index (χ3v) is 4.32. The molecule has 0 spiro atoms. The van der Waals surface area contributed by atoms with Crippen LogP contribution in [0.2, 0.25) is 0 Å². The molecule has 1 aliphatic heterocycles. The first-order chi connectivity index (χ1) is 12.9. The van der Waals surface area contributed by atoms with Gasteiger partial charge in [-0.3, -0.25) is 4.90 Å². The minimum absolute atomic E-state index is 0.289. The van der Waals surface area contributed by atoms with E-state index in [-0.39, 0.29) is 10.9 Å². The Morgan fingerprint density at radius 2 is 1.63 bits per heavy atom. The van der Waals surface area contributed by atoms with Gasteiger partial charge in [0.25, 0.3) is 0 Å². The maximum absolute atomic E-state index is 12.3. The van der Waals surface area contributed by atoms with Crippen molar-refractivity contribution < 1.29 is 17.9 Å². The first-order valence-electron chi connectivity index (χ1n) is 8.62. The van der Waals surface area contributed by atoms with E-state index >= 15 is 0 Å². The average molecular weight is 395 g/mol. The smallest absolute Gasteiger partial charge is 0.406 e. The second-order valence-corrected chi connectivity index (χ2v) is 6.75. The summed E-state index contributed by atoms with van der Waals surface area (Å²) in [5, 5.41) is 6.22. The largest absolute Gasteiger partial charge is 0.573 e. The van der Waals surface area contributed by atoms with E-state index in [1.54, 1.807) is 6.07 Å². The third-order valence-electron chi connectivity index (χ3n) is 4.12. The molecule has 27 heavy (non-hydrogen) atoms. The lowest BCUT2D eigenvalue weighted by molar-refractivity contribution is -0.274. The second kappa shape index (κ2) is 8.58. The van der Waals surface area contributed by atoms with Crippen LogP contribution < -0.4 is 15.4 Å². The van der Waals surface area contributed by atoms with Crippen molar-refractivity contribution in [2.24, 2.45) is 0 Å². The van der Waals surface area contributed by atoms with Gasteiger partial charge in [0.15, 0.2) is 5.11 Å². The minimum atomic E-state index is -4.73. The lowest BCUT2D eigenvalue weighted by Crippen LogP contribution is -2.20. The normalized spacial score (nSPS) is 14.8. The van der Waals surface area contributed by atoms with E-state index < -0.39 is 6.36 Å². The van der Waals surface area contributed by atoms with Gasteiger partial charge >= 0.3 is 6.36 Å². The van der Waals surface area contributed by atoms with Gasteiger partial charge in [-0.2, -0.15) is 0 Å². The van der Waals surface area contributed by atoms with Gasteiger partial charge in [0.2, 0.25) is 0 Å². The predicted molar refractivity (Wildman–Crippen MR) is 104 cm³/mol. The van der Waals surface area contributed by atoms with Gasteiger partial charge in [-0.15, -0.1) is 13.2 Å². The number of nitrogens with one attached hydrogen (secondary N) is 2. The van der Waals surface area contributed by atoms with Crippen LogP contribution in [0.4, 0.5) is 24.5 Å². The fourth-order valence-corrected chi connectivity index (χ4v) is 3.25. The van der Waals surface area contributed by atoms with E-state index in [0.29, 0.717) is 5.69 Å². The molecule has 2 aromatic rings. The summed E-state index contributed by atoms with van der Waals surface area (Å²) in [6.07, 6.45) is -2.25. The number of ether oxygens (including phenoxy) is 1. The minimum Gasteiger partial charge on any atom is -0.406 e. The van der Waals surface area contributed by atoms with Crippen LogP contribution in [0.5, 0.6) is 5.75 Å². The highest BCUT2D eigenvalue weighted by molar-refractivity contribution is 7.80. The predicted octanol–water partition coefficient (Wildman–Crippen LogP) is 4.99. The SMILES string of the molecule is FC(F)(F)Oc1cccc(NC(=S)Nc2cccc(CN3CCCC3)c2)c1. The van der Waals surface area contributed by atoms with Crippen LogP contribution in [0.3, 0.4) is 0 Å². The van der Waals surface area contributed by atoms with E-state index in [1.165, 1.54) is 36.6 Å². The topological polar surface area (TPSA) is 36.5 Å². The van der Waals surface area contributed by atoms with Crippen molar-refractivity contribution in [1.82, 2.24) is 4.90 Å². The number of alkyl halides is 3. The van der Waals surface area contributed by atoms with Gasteiger partial charge in [-0.25, -0.2) is 0 Å². The maximum atomic E-state index is 12.3. The van der Waals surface area contributed by atoms with E-state index in [4.69, 9.17) is 12.2 Å². The van der Waals surface area contributed by atoms with Crippen molar-refractivity contribution in [2.75, 3.05) is 23.7 Å². The Hall–Kier alpha value is -2.32. The Bertz CT molecular complexity index is 792. The van der Waals surface area contributed by atoms with Crippen LogP contribution in [-0.4, -0.2) is 29.5 Å². The zero-order valence-corrected chi connectivity index (χ0v) is 15.4. The van der Waals surface area contributed by atoms with Crippen LogP contribution >= 0.6 is 12.2 Å². The second-order valence-electron chi connectivity index (χ2n) is 6.34. The molecule has 4 nitrogen and oxygen atoms in total. The van der Waals surface area contributed by atoms with Gasteiger partial charge in [0.05, 0.1) is 0 Å². The van der Waals surface area contributed by atoms with Crippen LogP contribution in [0.25, 0.3) is 0 Å². The number of likely N-dealkylation sites (tertiary alicyclic amines) is 1. The van der Waals surface area contributed by atoms with Crippen molar-refractivity contribution in [2.45, 2.75) is 25.7 Å². The molecular formula is C19H20F3N3OS. The lowest BCUT2D eigenvalue weighted by atomic mass is 10.2. The number of halogens is 3. The van der Waals surface area contributed by atoms with E-state index in [1.807, 2.05) is 18.2 Å². The number of benzene rings is 2. The molecule has 1 heterocycles. The molecule has 0 aliphatic carbocycles.